The van der Waals surface area contributed by atoms with Gasteiger partial charge in [0.2, 0.25) is 5.88 Å². The van der Waals surface area contributed by atoms with Gasteiger partial charge in [-0.05, 0) is 11.6 Å². The summed E-state index contributed by atoms with van der Waals surface area (Å²) >= 11 is 0. The number of nitrogens with zero attached hydrogens (tertiary/aromatic N) is 2. The van der Waals surface area contributed by atoms with Crippen LogP contribution in [0.2, 0.25) is 0 Å². The van der Waals surface area contributed by atoms with E-state index in [4.69, 9.17) is 4.74 Å². The van der Waals surface area contributed by atoms with E-state index in [1.54, 1.807) is 30.3 Å². The summed E-state index contributed by atoms with van der Waals surface area (Å²) in [6.07, 6.45) is 0. The van der Waals surface area contributed by atoms with Gasteiger partial charge in [-0.2, -0.15) is 0 Å². The Morgan fingerprint density at radius 1 is 1.18 bits per heavy atom. The minimum absolute atomic E-state index is 0.0358. The van der Waals surface area contributed by atoms with Gasteiger partial charge >= 0.3 is 5.97 Å². The van der Waals surface area contributed by atoms with Crippen molar-refractivity contribution in [2.45, 2.75) is 5.92 Å². The van der Waals surface area contributed by atoms with E-state index < -0.39 is 17.8 Å². The molecule has 0 aliphatic carbocycles. The number of nitrogens with one attached hydrogen (secondary N) is 1. The molecule has 0 bridgehead atoms. The van der Waals surface area contributed by atoms with Crippen LogP contribution in [0.3, 0.4) is 0 Å². The fourth-order valence-corrected chi connectivity index (χ4v) is 1.87. The zero-order chi connectivity index (χ0) is 15.9. The highest BCUT2D eigenvalue weighted by atomic mass is 16.5. The predicted octanol–water partition coefficient (Wildman–Crippen LogP) is 1.08. The number of ether oxygens (including phenoxy) is 1. The maximum Gasteiger partial charge on any atom is 0.312 e. The average molecular weight is 301 g/mol. The van der Waals surface area contributed by atoms with Crippen LogP contribution < -0.4 is 10.1 Å². The molecule has 1 amide bonds. The maximum absolute atomic E-state index is 12.0. The van der Waals surface area contributed by atoms with Crippen LogP contribution in [0.25, 0.3) is 0 Å². The zero-order valence-corrected chi connectivity index (χ0v) is 11.9. The van der Waals surface area contributed by atoms with Gasteiger partial charge in [0, 0.05) is 12.6 Å². The van der Waals surface area contributed by atoms with Crippen LogP contribution in [0.5, 0.6) is 5.88 Å². The maximum atomic E-state index is 12.0. The van der Waals surface area contributed by atoms with Crippen molar-refractivity contribution in [3.05, 3.63) is 53.7 Å². The molecule has 1 aromatic carbocycles. The summed E-state index contributed by atoms with van der Waals surface area (Å²) < 4.78 is 4.85. The number of hydrogen-bond donors (Lipinski definition) is 2. The Balaban J connectivity index is 2.03. The van der Waals surface area contributed by atoms with E-state index in [-0.39, 0.29) is 12.2 Å². The number of benzene rings is 1. The lowest BCUT2D eigenvalue weighted by molar-refractivity contribution is -0.138. The Kier molecular flexibility index (Phi) is 5.02. The first-order chi connectivity index (χ1) is 10.6. The van der Waals surface area contributed by atoms with Crippen molar-refractivity contribution in [2.75, 3.05) is 13.7 Å². The Morgan fingerprint density at radius 2 is 1.91 bits per heavy atom. The second kappa shape index (κ2) is 7.16. The second-order valence-electron chi connectivity index (χ2n) is 4.47. The van der Waals surface area contributed by atoms with Gasteiger partial charge < -0.3 is 15.2 Å². The van der Waals surface area contributed by atoms with Crippen molar-refractivity contribution in [2.24, 2.45) is 0 Å². The SMILES string of the molecule is COc1ccc(C(=O)NCC(C(=O)O)c2ccccc2)nn1. The van der Waals surface area contributed by atoms with Crippen LogP contribution in [0.1, 0.15) is 22.0 Å². The van der Waals surface area contributed by atoms with Crippen LogP contribution in [0.15, 0.2) is 42.5 Å². The summed E-state index contributed by atoms with van der Waals surface area (Å²) in [7, 11) is 1.45. The van der Waals surface area contributed by atoms with E-state index in [2.05, 4.69) is 15.5 Å². The molecule has 1 aromatic heterocycles. The number of rotatable bonds is 6. The van der Waals surface area contributed by atoms with Crippen LogP contribution in [0.4, 0.5) is 0 Å². The van der Waals surface area contributed by atoms with E-state index in [9.17, 15) is 14.7 Å². The molecule has 1 heterocycles. The Morgan fingerprint density at radius 3 is 2.45 bits per heavy atom. The summed E-state index contributed by atoms with van der Waals surface area (Å²) in [5, 5.41) is 19.2. The van der Waals surface area contributed by atoms with Crippen LogP contribution >= 0.6 is 0 Å². The molecule has 0 saturated carbocycles. The molecule has 2 aromatic rings. The highest BCUT2D eigenvalue weighted by Crippen LogP contribution is 2.15. The molecule has 0 radical (unpaired) electrons. The highest BCUT2D eigenvalue weighted by molar-refractivity contribution is 5.92. The lowest BCUT2D eigenvalue weighted by Crippen LogP contribution is -2.32. The summed E-state index contributed by atoms with van der Waals surface area (Å²) in [6.45, 7) is -0.0358. The molecular formula is C15H15N3O4. The molecule has 22 heavy (non-hydrogen) atoms. The number of carboxylic acids is 1. The Labute approximate surface area is 127 Å². The van der Waals surface area contributed by atoms with E-state index in [1.165, 1.54) is 19.2 Å². The third kappa shape index (κ3) is 3.78. The van der Waals surface area contributed by atoms with Crippen LogP contribution in [-0.2, 0) is 4.79 Å². The first kappa shape index (κ1) is 15.4. The minimum Gasteiger partial charge on any atom is -0.481 e. The van der Waals surface area contributed by atoms with Crippen LogP contribution in [-0.4, -0.2) is 40.8 Å². The van der Waals surface area contributed by atoms with Gasteiger partial charge in [-0.25, -0.2) is 0 Å². The fraction of sp³-hybridized carbons (Fsp3) is 0.200. The monoisotopic (exact) mass is 301 g/mol. The first-order valence-corrected chi connectivity index (χ1v) is 6.55. The van der Waals surface area contributed by atoms with Gasteiger partial charge in [0.05, 0.1) is 13.0 Å². The van der Waals surface area contributed by atoms with Gasteiger partial charge in [-0.15, -0.1) is 10.2 Å². The number of aliphatic carboxylic acids is 1. The average Bonchev–Trinajstić information content (AvgIpc) is 2.55. The van der Waals surface area contributed by atoms with Crippen molar-refractivity contribution >= 4 is 11.9 Å². The second-order valence-corrected chi connectivity index (χ2v) is 4.47. The molecule has 114 valence electrons. The quantitative estimate of drug-likeness (QED) is 0.828. The first-order valence-electron chi connectivity index (χ1n) is 6.55. The molecular weight excluding hydrogens is 286 g/mol. The van der Waals surface area contributed by atoms with Gasteiger partial charge in [-0.3, -0.25) is 9.59 Å². The van der Waals surface area contributed by atoms with Crippen LogP contribution in [0, 0.1) is 0 Å². The topological polar surface area (TPSA) is 101 Å². The lowest BCUT2D eigenvalue weighted by Gasteiger charge is -2.13. The Bertz CT molecular complexity index is 644. The molecule has 0 aliphatic heterocycles. The zero-order valence-electron chi connectivity index (χ0n) is 11.9. The summed E-state index contributed by atoms with van der Waals surface area (Å²) in [6, 6.07) is 11.7. The standard InChI is InChI=1S/C15H15N3O4/c1-22-13-8-7-12(17-18-13)14(19)16-9-11(15(20)21)10-5-3-2-4-6-10/h2-8,11H,9H2,1H3,(H,16,19)(H,20,21). The molecule has 7 heteroatoms. The number of hydrogen-bond acceptors (Lipinski definition) is 5. The van der Waals surface area contributed by atoms with E-state index in [0.717, 1.165) is 0 Å². The van der Waals surface area contributed by atoms with Crippen molar-refractivity contribution in [1.29, 1.82) is 0 Å². The van der Waals surface area contributed by atoms with Crippen molar-refractivity contribution in [1.82, 2.24) is 15.5 Å². The molecule has 2 rings (SSSR count). The van der Waals surface area contributed by atoms with Gasteiger partial charge in [-0.1, -0.05) is 30.3 Å². The van der Waals surface area contributed by atoms with Crippen molar-refractivity contribution in [3.8, 4) is 5.88 Å². The molecule has 0 spiro atoms. The molecule has 0 aliphatic rings. The summed E-state index contributed by atoms with van der Waals surface area (Å²) in [5.41, 5.74) is 0.717. The molecule has 1 unspecified atom stereocenters. The normalized spacial score (nSPS) is 11.5. The Hall–Kier alpha value is -2.96. The van der Waals surface area contributed by atoms with Gasteiger partial charge in [0.1, 0.15) is 0 Å². The van der Waals surface area contributed by atoms with E-state index in [0.29, 0.717) is 11.4 Å². The lowest BCUT2D eigenvalue weighted by atomic mass is 9.99. The van der Waals surface area contributed by atoms with Gasteiger partial charge in [0.25, 0.3) is 5.91 Å². The molecule has 7 nitrogen and oxygen atoms in total. The van der Waals surface area contributed by atoms with E-state index >= 15 is 0 Å². The van der Waals surface area contributed by atoms with Crippen molar-refractivity contribution < 1.29 is 19.4 Å². The predicted molar refractivity (Wildman–Crippen MR) is 77.7 cm³/mol. The number of methoxy groups -OCH3 is 1. The van der Waals surface area contributed by atoms with Crippen molar-refractivity contribution in [3.63, 3.8) is 0 Å². The molecule has 1 atom stereocenters. The number of carbonyl (C=O) groups excluding carboxylic acids is 1. The van der Waals surface area contributed by atoms with Gasteiger partial charge in [0.15, 0.2) is 5.69 Å². The molecule has 2 N–H and O–H groups in total. The number of carbonyl (C=O) groups is 2. The smallest absolute Gasteiger partial charge is 0.312 e. The number of amides is 1. The number of carboxylic acid groups (broad SMARTS) is 1. The third-order valence-corrected chi connectivity index (χ3v) is 3.05. The highest BCUT2D eigenvalue weighted by Gasteiger charge is 2.21. The molecule has 0 saturated heterocycles. The third-order valence-electron chi connectivity index (χ3n) is 3.05. The van der Waals surface area contributed by atoms with E-state index in [1.807, 2.05) is 0 Å². The molecule has 0 fully saturated rings. The largest absolute Gasteiger partial charge is 0.481 e. The fourth-order valence-electron chi connectivity index (χ4n) is 1.87. The summed E-state index contributed by atoms with van der Waals surface area (Å²) in [5.74, 6) is -2.02. The minimum atomic E-state index is -1.01. The number of aromatic nitrogens is 2. The summed E-state index contributed by atoms with van der Waals surface area (Å²) in [4.78, 5) is 23.3.